The summed E-state index contributed by atoms with van der Waals surface area (Å²) in [5.74, 6) is -0.0654. The van der Waals surface area contributed by atoms with E-state index < -0.39 is 0 Å². The van der Waals surface area contributed by atoms with Gasteiger partial charge in [0.1, 0.15) is 0 Å². The summed E-state index contributed by atoms with van der Waals surface area (Å²) in [6, 6.07) is 23.7. The maximum Gasteiger partial charge on any atom is 0.239 e. The SMILES string of the molecule is O=C1C(Cc2ccccn2)c2ccccc2N1c1ccccc1. The lowest BCUT2D eigenvalue weighted by Crippen LogP contribution is -2.24. The van der Waals surface area contributed by atoms with Crippen molar-refractivity contribution in [3.05, 3.63) is 90.3 Å². The molecule has 0 N–H and O–H groups in total. The van der Waals surface area contributed by atoms with Crippen LogP contribution in [0.2, 0.25) is 0 Å². The molecule has 23 heavy (non-hydrogen) atoms. The Bertz CT molecular complexity index is 831. The average molecular weight is 300 g/mol. The normalized spacial score (nSPS) is 16.4. The monoisotopic (exact) mass is 300 g/mol. The van der Waals surface area contributed by atoms with E-state index in [0.717, 1.165) is 22.6 Å². The van der Waals surface area contributed by atoms with Gasteiger partial charge in [0.05, 0.1) is 11.6 Å². The van der Waals surface area contributed by atoms with Crippen LogP contribution in [-0.2, 0) is 11.2 Å². The number of carbonyl (C=O) groups is 1. The molecule has 1 aliphatic heterocycles. The first-order valence-corrected chi connectivity index (χ1v) is 7.72. The van der Waals surface area contributed by atoms with Crippen molar-refractivity contribution >= 4 is 17.3 Å². The topological polar surface area (TPSA) is 33.2 Å². The van der Waals surface area contributed by atoms with Crippen molar-refractivity contribution in [1.29, 1.82) is 0 Å². The van der Waals surface area contributed by atoms with Crippen LogP contribution in [0.5, 0.6) is 0 Å². The minimum absolute atomic E-state index is 0.114. The summed E-state index contributed by atoms with van der Waals surface area (Å²) in [4.78, 5) is 19.3. The van der Waals surface area contributed by atoms with E-state index in [2.05, 4.69) is 4.98 Å². The maximum atomic E-state index is 13.1. The van der Waals surface area contributed by atoms with E-state index in [4.69, 9.17) is 0 Å². The molecule has 3 heteroatoms. The highest BCUT2D eigenvalue weighted by Gasteiger charge is 2.37. The van der Waals surface area contributed by atoms with Gasteiger partial charge >= 0.3 is 0 Å². The Hall–Kier alpha value is -2.94. The number of aromatic nitrogens is 1. The number of pyridine rings is 1. The first kappa shape index (κ1) is 13.7. The van der Waals surface area contributed by atoms with Crippen molar-refractivity contribution in [2.75, 3.05) is 4.90 Å². The fourth-order valence-electron chi connectivity index (χ4n) is 3.16. The number of benzene rings is 2. The number of para-hydroxylation sites is 2. The summed E-state index contributed by atoms with van der Waals surface area (Å²) >= 11 is 0. The van der Waals surface area contributed by atoms with Crippen LogP contribution in [0.4, 0.5) is 11.4 Å². The molecule has 1 aliphatic rings. The minimum Gasteiger partial charge on any atom is -0.280 e. The largest absolute Gasteiger partial charge is 0.280 e. The molecule has 1 amide bonds. The third-order valence-corrected chi connectivity index (χ3v) is 4.23. The van der Waals surface area contributed by atoms with Crippen LogP contribution < -0.4 is 4.90 Å². The highest BCUT2D eigenvalue weighted by molar-refractivity contribution is 6.10. The molecule has 0 spiro atoms. The van der Waals surface area contributed by atoms with Crippen molar-refractivity contribution in [2.24, 2.45) is 0 Å². The summed E-state index contributed by atoms with van der Waals surface area (Å²) in [6.45, 7) is 0. The maximum absolute atomic E-state index is 13.1. The quantitative estimate of drug-likeness (QED) is 0.730. The van der Waals surface area contributed by atoms with Crippen molar-refractivity contribution in [3.63, 3.8) is 0 Å². The molecule has 0 bridgehead atoms. The minimum atomic E-state index is -0.179. The van der Waals surface area contributed by atoms with E-state index in [1.165, 1.54) is 0 Å². The number of rotatable bonds is 3. The molecule has 0 aliphatic carbocycles. The van der Waals surface area contributed by atoms with Crippen molar-refractivity contribution < 1.29 is 4.79 Å². The van der Waals surface area contributed by atoms with E-state index in [0.29, 0.717) is 6.42 Å². The van der Waals surface area contributed by atoms with Gasteiger partial charge in [-0.15, -0.1) is 0 Å². The van der Waals surface area contributed by atoms with Crippen molar-refractivity contribution in [2.45, 2.75) is 12.3 Å². The molecule has 0 saturated heterocycles. The van der Waals surface area contributed by atoms with Gasteiger partial charge in [-0.3, -0.25) is 14.7 Å². The lowest BCUT2D eigenvalue weighted by Gasteiger charge is -2.18. The average Bonchev–Trinajstić information content (AvgIpc) is 2.89. The third kappa shape index (κ3) is 2.40. The summed E-state index contributed by atoms with van der Waals surface area (Å²) < 4.78 is 0. The van der Waals surface area contributed by atoms with E-state index >= 15 is 0 Å². The van der Waals surface area contributed by atoms with E-state index in [1.54, 1.807) is 6.20 Å². The van der Waals surface area contributed by atoms with Crippen LogP contribution in [0, 0.1) is 0 Å². The molecule has 0 fully saturated rings. The molecule has 0 saturated carbocycles. The molecule has 3 aromatic rings. The molecule has 3 nitrogen and oxygen atoms in total. The van der Waals surface area contributed by atoms with E-state index in [-0.39, 0.29) is 11.8 Å². The molecule has 1 aromatic heterocycles. The Morgan fingerprint density at radius 2 is 1.61 bits per heavy atom. The van der Waals surface area contributed by atoms with Crippen LogP contribution in [0.25, 0.3) is 0 Å². The second-order valence-corrected chi connectivity index (χ2v) is 5.65. The molecule has 2 heterocycles. The predicted molar refractivity (Wildman–Crippen MR) is 90.7 cm³/mol. The van der Waals surface area contributed by atoms with Crippen molar-refractivity contribution in [1.82, 2.24) is 4.98 Å². The predicted octanol–water partition coefficient (Wildman–Crippen LogP) is 4.09. The second kappa shape index (κ2) is 5.69. The number of fused-ring (bicyclic) bond motifs is 1. The van der Waals surface area contributed by atoms with Crippen LogP contribution in [0.1, 0.15) is 17.2 Å². The van der Waals surface area contributed by atoms with E-state index in [1.807, 2.05) is 77.7 Å². The fraction of sp³-hybridized carbons (Fsp3) is 0.100. The molecule has 4 rings (SSSR count). The zero-order valence-electron chi connectivity index (χ0n) is 12.6. The molecule has 0 radical (unpaired) electrons. The number of carbonyl (C=O) groups excluding carboxylic acids is 1. The smallest absolute Gasteiger partial charge is 0.239 e. The van der Waals surface area contributed by atoms with Crippen LogP contribution >= 0.6 is 0 Å². The highest BCUT2D eigenvalue weighted by atomic mass is 16.2. The first-order valence-electron chi connectivity index (χ1n) is 7.72. The Morgan fingerprint density at radius 1 is 0.870 bits per heavy atom. The van der Waals surface area contributed by atoms with Crippen LogP contribution in [-0.4, -0.2) is 10.9 Å². The van der Waals surface area contributed by atoms with Gasteiger partial charge in [0, 0.05) is 24.0 Å². The Morgan fingerprint density at radius 3 is 2.39 bits per heavy atom. The summed E-state index contributed by atoms with van der Waals surface area (Å²) in [5.41, 5.74) is 3.90. The van der Waals surface area contributed by atoms with Gasteiger partial charge in [-0.2, -0.15) is 0 Å². The standard InChI is InChI=1S/C20H16N2O/c23-20-18(14-15-8-6-7-13-21-15)17-11-4-5-12-19(17)22(20)16-9-2-1-3-10-16/h1-13,18H,14H2. The van der Waals surface area contributed by atoms with Gasteiger partial charge in [-0.1, -0.05) is 42.5 Å². The van der Waals surface area contributed by atoms with Crippen LogP contribution in [0.15, 0.2) is 79.0 Å². The Balaban J connectivity index is 1.76. The van der Waals surface area contributed by atoms with Crippen molar-refractivity contribution in [3.8, 4) is 0 Å². The molecule has 1 atom stereocenters. The molecule has 2 aromatic carbocycles. The Kier molecular flexibility index (Phi) is 3.39. The number of nitrogens with zero attached hydrogens (tertiary/aromatic N) is 2. The van der Waals surface area contributed by atoms with Gasteiger partial charge in [0.15, 0.2) is 0 Å². The van der Waals surface area contributed by atoms with E-state index in [9.17, 15) is 4.79 Å². The summed E-state index contributed by atoms with van der Waals surface area (Å²) in [6.07, 6.45) is 2.40. The fourth-order valence-corrected chi connectivity index (χ4v) is 3.16. The molecule has 112 valence electrons. The van der Waals surface area contributed by atoms with Gasteiger partial charge in [0.25, 0.3) is 0 Å². The van der Waals surface area contributed by atoms with Crippen LogP contribution in [0.3, 0.4) is 0 Å². The molecular weight excluding hydrogens is 284 g/mol. The summed E-state index contributed by atoms with van der Waals surface area (Å²) in [5, 5.41) is 0. The number of amides is 1. The first-order chi connectivity index (χ1) is 11.3. The number of anilines is 2. The number of hydrogen-bond donors (Lipinski definition) is 0. The van der Waals surface area contributed by atoms with Gasteiger partial charge in [-0.25, -0.2) is 0 Å². The second-order valence-electron chi connectivity index (χ2n) is 5.65. The zero-order chi connectivity index (χ0) is 15.6. The molecular formula is C20H16N2O. The lowest BCUT2D eigenvalue weighted by molar-refractivity contribution is -0.118. The van der Waals surface area contributed by atoms with Gasteiger partial charge in [0.2, 0.25) is 5.91 Å². The molecule has 1 unspecified atom stereocenters. The number of hydrogen-bond acceptors (Lipinski definition) is 2. The third-order valence-electron chi connectivity index (χ3n) is 4.23. The highest BCUT2D eigenvalue weighted by Crippen LogP contribution is 2.42. The van der Waals surface area contributed by atoms with Gasteiger partial charge in [-0.05, 0) is 35.9 Å². The zero-order valence-corrected chi connectivity index (χ0v) is 12.6. The lowest BCUT2D eigenvalue weighted by atomic mass is 9.95. The Labute approximate surface area is 135 Å². The van der Waals surface area contributed by atoms with Gasteiger partial charge < -0.3 is 0 Å². The summed E-state index contributed by atoms with van der Waals surface area (Å²) in [7, 11) is 0.